The monoisotopic (exact) mass is 507 g/mol. The number of hydrogen-bond donors (Lipinski definition) is 0. The SMILES string of the molecule is C[C@]12CCC3(CC1=CC[C@@H]1[C@@H]2CC[C@@]2(C)[C@H]1CC[C@@]2(C#N)O[Si](C)(C)CBr)OCCO3. The molecule has 0 aromatic carbocycles. The topological polar surface area (TPSA) is 51.5 Å². The fourth-order valence-corrected chi connectivity index (χ4v) is 9.94. The lowest BCUT2D eigenvalue weighted by Gasteiger charge is -2.59. The van der Waals surface area contributed by atoms with Crippen molar-refractivity contribution in [3.05, 3.63) is 11.6 Å². The van der Waals surface area contributed by atoms with E-state index in [2.05, 4.69) is 55.0 Å². The van der Waals surface area contributed by atoms with Crippen LogP contribution in [0.25, 0.3) is 0 Å². The molecule has 1 saturated heterocycles. The molecular weight excluding hydrogens is 470 g/mol. The van der Waals surface area contributed by atoms with Gasteiger partial charge in [0, 0.05) is 23.2 Å². The third-order valence-corrected chi connectivity index (χ3v) is 15.6. The van der Waals surface area contributed by atoms with Crippen molar-refractivity contribution in [1.82, 2.24) is 0 Å². The molecule has 4 aliphatic carbocycles. The summed E-state index contributed by atoms with van der Waals surface area (Å²) in [7, 11) is -1.91. The molecule has 5 aliphatic rings. The van der Waals surface area contributed by atoms with Crippen LogP contribution in [0.15, 0.2) is 11.6 Å². The van der Waals surface area contributed by atoms with Gasteiger partial charge in [0.05, 0.1) is 19.3 Å². The van der Waals surface area contributed by atoms with Gasteiger partial charge in [-0.05, 0) is 74.8 Å². The summed E-state index contributed by atoms with van der Waals surface area (Å²) in [6, 6.07) is 2.75. The number of fused-ring (bicyclic) bond motifs is 5. The van der Waals surface area contributed by atoms with Crippen LogP contribution in [0.3, 0.4) is 0 Å². The maximum Gasteiger partial charge on any atom is 0.199 e. The Morgan fingerprint density at radius 2 is 1.84 bits per heavy atom. The Kier molecular flexibility index (Phi) is 5.39. The third kappa shape index (κ3) is 3.20. The van der Waals surface area contributed by atoms with Crippen LogP contribution in [0, 0.1) is 39.9 Å². The summed E-state index contributed by atoms with van der Waals surface area (Å²) in [6.45, 7) is 10.9. The predicted octanol–water partition coefficient (Wildman–Crippen LogP) is 6.11. The molecule has 0 unspecified atom stereocenters. The van der Waals surface area contributed by atoms with E-state index in [1.165, 1.54) is 6.42 Å². The van der Waals surface area contributed by atoms with Crippen LogP contribution in [-0.2, 0) is 13.9 Å². The quantitative estimate of drug-likeness (QED) is 0.262. The lowest BCUT2D eigenvalue weighted by Crippen LogP contribution is -2.58. The minimum absolute atomic E-state index is 0.0371. The van der Waals surface area contributed by atoms with Crippen LogP contribution >= 0.6 is 15.9 Å². The zero-order chi connectivity index (χ0) is 22.1. The van der Waals surface area contributed by atoms with Crippen molar-refractivity contribution in [1.29, 1.82) is 5.26 Å². The highest BCUT2D eigenvalue weighted by Crippen LogP contribution is 2.68. The van der Waals surface area contributed by atoms with E-state index in [-0.39, 0.29) is 16.6 Å². The Morgan fingerprint density at radius 3 is 2.52 bits per heavy atom. The summed E-state index contributed by atoms with van der Waals surface area (Å²) in [4.78, 5) is 0.881. The zero-order valence-electron chi connectivity index (χ0n) is 19.6. The van der Waals surface area contributed by atoms with Crippen molar-refractivity contribution >= 4 is 24.2 Å². The molecule has 1 spiro atoms. The van der Waals surface area contributed by atoms with Crippen LogP contribution < -0.4 is 0 Å². The lowest BCUT2D eigenvalue weighted by atomic mass is 9.47. The van der Waals surface area contributed by atoms with Gasteiger partial charge in [-0.2, -0.15) is 5.26 Å². The van der Waals surface area contributed by atoms with Crippen LogP contribution in [0.2, 0.25) is 13.1 Å². The Labute approximate surface area is 197 Å². The van der Waals surface area contributed by atoms with E-state index in [0.29, 0.717) is 17.8 Å². The molecule has 5 rings (SSSR count). The van der Waals surface area contributed by atoms with Gasteiger partial charge in [0.25, 0.3) is 0 Å². The fourth-order valence-electron chi connectivity index (χ4n) is 8.22. The molecule has 1 heterocycles. The molecule has 31 heavy (non-hydrogen) atoms. The van der Waals surface area contributed by atoms with E-state index >= 15 is 0 Å². The van der Waals surface area contributed by atoms with Gasteiger partial charge in [0.2, 0.25) is 0 Å². The van der Waals surface area contributed by atoms with E-state index in [9.17, 15) is 5.26 Å². The lowest BCUT2D eigenvalue weighted by molar-refractivity contribution is -0.186. The van der Waals surface area contributed by atoms with Crippen molar-refractivity contribution in [2.45, 2.75) is 89.7 Å². The number of nitriles is 1. The van der Waals surface area contributed by atoms with Crippen LogP contribution in [0.5, 0.6) is 0 Å². The van der Waals surface area contributed by atoms with Crippen LogP contribution in [0.1, 0.15) is 65.2 Å². The highest BCUT2D eigenvalue weighted by molar-refractivity contribution is 9.09. The first-order valence-electron chi connectivity index (χ1n) is 12.3. The summed E-state index contributed by atoms with van der Waals surface area (Å²) in [5.74, 6) is 1.61. The van der Waals surface area contributed by atoms with Crippen molar-refractivity contribution in [3.8, 4) is 6.07 Å². The Hall–Kier alpha value is -0.193. The van der Waals surface area contributed by atoms with E-state index in [4.69, 9.17) is 13.9 Å². The third-order valence-electron chi connectivity index (χ3n) is 10.00. The van der Waals surface area contributed by atoms with Crippen LogP contribution in [-0.4, -0.2) is 37.9 Å². The van der Waals surface area contributed by atoms with Crippen molar-refractivity contribution < 1.29 is 13.9 Å². The number of alkyl halides is 1. The molecule has 6 atom stereocenters. The van der Waals surface area contributed by atoms with Crippen LogP contribution in [0.4, 0.5) is 0 Å². The number of rotatable bonds is 3. The number of halogens is 1. The first-order valence-corrected chi connectivity index (χ1v) is 16.5. The average Bonchev–Trinajstić information content (AvgIpc) is 3.31. The second kappa shape index (κ2) is 7.40. The molecule has 1 aliphatic heterocycles. The van der Waals surface area contributed by atoms with Gasteiger partial charge >= 0.3 is 0 Å². The first kappa shape index (κ1) is 22.6. The van der Waals surface area contributed by atoms with Crippen molar-refractivity contribution in [2.24, 2.45) is 28.6 Å². The largest absolute Gasteiger partial charge is 0.398 e. The van der Waals surface area contributed by atoms with Gasteiger partial charge in [-0.15, -0.1) is 0 Å². The van der Waals surface area contributed by atoms with Crippen molar-refractivity contribution in [3.63, 3.8) is 0 Å². The molecular formula is C25H38BrNO3Si. The molecule has 0 aromatic heterocycles. The van der Waals surface area contributed by atoms with Gasteiger partial charge in [-0.3, -0.25) is 0 Å². The van der Waals surface area contributed by atoms with Gasteiger partial charge in [-0.1, -0.05) is 41.4 Å². The second-order valence-corrected chi connectivity index (χ2v) is 17.6. The van der Waals surface area contributed by atoms with Gasteiger partial charge < -0.3 is 13.9 Å². The number of ether oxygens (including phenoxy) is 2. The molecule has 0 radical (unpaired) electrons. The summed E-state index contributed by atoms with van der Waals surface area (Å²) < 4.78 is 19.0. The number of hydrogen-bond acceptors (Lipinski definition) is 4. The van der Waals surface area contributed by atoms with Gasteiger partial charge in [0.1, 0.15) is 5.60 Å². The molecule has 4 nitrogen and oxygen atoms in total. The molecule has 3 saturated carbocycles. The Balaban J connectivity index is 1.44. The summed E-state index contributed by atoms with van der Waals surface area (Å²) in [5.41, 5.74) is 1.19. The molecule has 0 N–H and O–H groups in total. The normalized spacial score (nSPS) is 46.1. The van der Waals surface area contributed by atoms with E-state index in [0.717, 1.165) is 63.1 Å². The smallest absolute Gasteiger partial charge is 0.199 e. The molecule has 172 valence electrons. The second-order valence-electron chi connectivity index (χ2n) is 12.0. The van der Waals surface area contributed by atoms with Gasteiger partial charge in [0.15, 0.2) is 14.1 Å². The van der Waals surface area contributed by atoms with Crippen molar-refractivity contribution in [2.75, 3.05) is 18.2 Å². The Bertz CT molecular complexity index is 818. The van der Waals surface area contributed by atoms with Gasteiger partial charge in [-0.25, -0.2) is 0 Å². The molecule has 0 amide bonds. The minimum Gasteiger partial charge on any atom is -0.398 e. The fraction of sp³-hybridized carbons (Fsp3) is 0.880. The first-order chi connectivity index (χ1) is 14.6. The average molecular weight is 509 g/mol. The highest BCUT2D eigenvalue weighted by Gasteiger charge is 2.66. The number of nitrogens with zero attached hydrogens (tertiary/aromatic N) is 1. The standard InChI is InChI=1S/C25H38BrNO3Si/c1-22-11-12-25(28-13-14-29-25)15-18(22)5-6-19-20(22)7-9-23(2)21(19)8-10-24(23,16-27)30-31(3,4)17-26/h5,19-21H,6-15,17H2,1-4H3/t19-,20+,21+,22+,23+,24+/m1/s1. The molecule has 4 fully saturated rings. The zero-order valence-corrected chi connectivity index (χ0v) is 22.2. The summed E-state index contributed by atoms with van der Waals surface area (Å²) >= 11 is 3.66. The Morgan fingerprint density at radius 1 is 1.13 bits per heavy atom. The summed E-state index contributed by atoms with van der Waals surface area (Å²) in [5, 5.41) is 10.4. The predicted molar refractivity (Wildman–Crippen MR) is 127 cm³/mol. The molecule has 0 bridgehead atoms. The molecule has 6 heteroatoms. The van der Waals surface area contributed by atoms with E-state index in [1.807, 2.05) is 0 Å². The maximum atomic E-state index is 10.4. The number of allylic oxidation sites excluding steroid dienone is 1. The molecule has 0 aromatic rings. The maximum absolute atomic E-state index is 10.4. The van der Waals surface area contributed by atoms with E-state index < -0.39 is 13.9 Å². The minimum atomic E-state index is -1.91. The summed E-state index contributed by atoms with van der Waals surface area (Å²) in [6.07, 6.45) is 11.2. The van der Waals surface area contributed by atoms with E-state index in [1.54, 1.807) is 5.57 Å². The highest BCUT2D eigenvalue weighted by atomic mass is 79.9.